The number of hydrogen-bond donors (Lipinski definition) is 2. The lowest BCUT2D eigenvalue weighted by Gasteiger charge is -2.24. The minimum atomic E-state index is 0.213. The number of thiazole rings is 1. The van der Waals surface area contributed by atoms with E-state index in [4.69, 9.17) is 10.9 Å². The Morgan fingerprint density at radius 1 is 1.67 bits per heavy atom. The number of aromatic nitrogens is 2. The number of fused-ring (bicyclic) bond motifs is 1. The van der Waals surface area contributed by atoms with Crippen LogP contribution in [0.5, 0.6) is 0 Å². The van der Waals surface area contributed by atoms with Crippen molar-refractivity contribution in [2.24, 2.45) is 10.9 Å². The van der Waals surface area contributed by atoms with E-state index in [1.165, 1.54) is 0 Å². The second kappa shape index (κ2) is 5.36. The molecule has 2 aromatic heterocycles. The number of nitrogens with two attached hydrogens (primary N) is 1. The average molecular weight is 267 g/mol. The predicted molar refractivity (Wildman–Crippen MR) is 72.0 cm³/mol. The van der Waals surface area contributed by atoms with Crippen LogP contribution in [0, 0.1) is 0 Å². The van der Waals surface area contributed by atoms with Gasteiger partial charge < -0.3 is 10.9 Å². The third-order valence-corrected chi connectivity index (χ3v) is 3.50. The lowest BCUT2D eigenvalue weighted by atomic mass is 10.3. The fourth-order valence-corrected chi connectivity index (χ4v) is 2.44. The Balaban J connectivity index is 2.11. The highest BCUT2D eigenvalue weighted by Gasteiger charge is 2.14. The molecule has 0 aliphatic carbocycles. The highest BCUT2D eigenvalue weighted by atomic mass is 32.1. The maximum Gasteiger partial charge on any atom is 0.193 e. The van der Waals surface area contributed by atoms with Crippen molar-refractivity contribution in [1.29, 1.82) is 0 Å². The molecule has 0 aliphatic heterocycles. The fourth-order valence-electron chi connectivity index (χ4n) is 1.72. The summed E-state index contributed by atoms with van der Waals surface area (Å²) in [5.74, 6) is 0.213. The predicted octanol–water partition coefficient (Wildman–Crippen LogP) is 1.35. The van der Waals surface area contributed by atoms with E-state index in [1.807, 2.05) is 22.2 Å². The van der Waals surface area contributed by atoms with Crippen LogP contribution >= 0.6 is 11.3 Å². The van der Waals surface area contributed by atoms with Gasteiger partial charge in [0.15, 0.2) is 10.8 Å². The second-order valence-corrected chi connectivity index (χ2v) is 5.29. The lowest BCUT2D eigenvalue weighted by Crippen LogP contribution is -2.38. The molecular formula is C11H17N5OS. The van der Waals surface area contributed by atoms with E-state index in [0.717, 1.165) is 10.7 Å². The number of amidine groups is 1. The molecule has 0 saturated heterocycles. The van der Waals surface area contributed by atoms with Crippen molar-refractivity contribution in [1.82, 2.24) is 14.3 Å². The highest BCUT2D eigenvalue weighted by Crippen LogP contribution is 2.13. The molecule has 0 atom stereocenters. The van der Waals surface area contributed by atoms with Gasteiger partial charge in [0.25, 0.3) is 0 Å². The van der Waals surface area contributed by atoms with Crippen molar-refractivity contribution in [3.05, 3.63) is 23.5 Å². The van der Waals surface area contributed by atoms with Crippen molar-refractivity contribution < 1.29 is 5.21 Å². The van der Waals surface area contributed by atoms with Gasteiger partial charge in [-0.15, -0.1) is 11.3 Å². The zero-order chi connectivity index (χ0) is 13.1. The Morgan fingerprint density at radius 3 is 3.06 bits per heavy atom. The first-order valence-electron chi connectivity index (χ1n) is 5.71. The average Bonchev–Trinajstić information content (AvgIpc) is 2.88. The summed E-state index contributed by atoms with van der Waals surface area (Å²) in [4.78, 5) is 7.61. The van der Waals surface area contributed by atoms with Gasteiger partial charge in [-0.05, 0) is 13.8 Å². The first kappa shape index (κ1) is 12.8. The molecule has 0 amide bonds. The Morgan fingerprint density at radius 2 is 2.44 bits per heavy atom. The van der Waals surface area contributed by atoms with Crippen LogP contribution in [0.25, 0.3) is 4.96 Å². The maximum atomic E-state index is 8.63. The van der Waals surface area contributed by atoms with Crippen LogP contribution in [0.2, 0.25) is 0 Å². The summed E-state index contributed by atoms with van der Waals surface area (Å²) in [6.45, 7) is 5.26. The van der Waals surface area contributed by atoms with Crippen LogP contribution in [0.15, 0.2) is 22.9 Å². The maximum absolute atomic E-state index is 8.63. The minimum absolute atomic E-state index is 0.213. The summed E-state index contributed by atoms with van der Waals surface area (Å²) in [7, 11) is 0. The van der Waals surface area contributed by atoms with Crippen LogP contribution < -0.4 is 5.73 Å². The van der Waals surface area contributed by atoms with Crippen LogP contribution in [-0.4, -0.2) is 37.9 Å². The summed E-state index contributed by atoms with van der Waals surface area (Å²) in [5.41, 5.74) is 6.54. The van der Waals surface area contributed by atoms with Crippen molar-refractivity contribution in [3.8, 4) is 0 Å². The van der Waals surface area contributed by atoms with Gasteiger partial charge in [-0.1, -0.05) is 5.16 Å². The smallest absolute Gasteiger partial charge is 0.193 e. The Kier molecular flexibility index (Phi) is 3.83. The number of nitrogens with zero attached hydrogens (tertiary/aromatic N) is 4. The van der Waals surface area contributed by atoms with Crippen LogP contribution in [-0.2, 0) is 6.54 Å². The van der Waals surface area contributed by atoms with Crippen molar-refractivity contribution >= 4 is 22.1 Å². The third-order valence-electron chi connectivity index (χ3n) is 2.73. The zero-order valence-corrected chi connectivity index (χ0v) is 11.3. The van der Waals surface area contributed by atoms with Gasteiger partial charge in [-0.25, -0.2) is 4.98 Å². The lowest BCUT2D eigenvalue weighted by molar-refractivity contribution is 0.236. The van der Waals surface area contributed by atoms with Crippen molar-refractivity contribution in [3.63, 3.8) is 0 Å². The zero-order valence-electron chi connectivity index (χ0n) is 10.4. The van der Waals surface area contributed by atoms with Gasteiger partial charge in [0.1, 0.15) is 0 Å². The van der Waals surface area contributed by atoms with Gasteiger partial charge in [0.2, 0.25) is 0 Å². The molecule has 3 N–H and O–H groups in total. The first-order chi connectivity index (χ1) is 8.60. The molecule has 6 nitrogen and oxygen atoms in total. The first-order valence-corrected chi connectivity index (χ1v) is 6.59. The van der Waals surface area contributed by atoms with E-state index in [1.54, 1.807) is 11.3 Å². The van der Waals surface area contributed by atoms with Gasteiger partial charge in [0, 0.05) is 30.4 Å². The molecule has 2 heterocycles. The standard InChI is InChI=1S/C11H17N5OS/c1-8(2)16(7-10(12)14-17)6-9-5-15-3-4-18-11(15)13-9/h3-5,8,17H,6-7H2,1-2H3,(H2,12,14). The van der Waals surface area contributed by atoms with E-state index < -0.39 is 0 Å². The molecule has 0 spiro atoms. The molecule has 18 heavy (non-hydrogen) atoms. The summed E-state index contributed by atoms with van der Waals surface area (Å²) in [5, 5.41) is 13.6. The summed E-state index contributed by atoms with van der Waals surface area (Å²) >= 11 is 1.61. The molecule has 2 aromatic rings. The van der Waals surface area contributed by atoms with E-state index >= 15 is 0 Å². The molecule has 2 rings (SSSR count). The van der Waals surface area contributed by atoms with Gasteiger partial charge in [0.05, 0.1) is 12.2 Å². The van der Waals surface area contributed by atoms with Gasteiger partial charge in [-0.2, -0.15) is 0 Å². The van der Waals surface area contributed by atoms with Crippen LogP contribution in [0.1, 0.15) is 19.5 Å². The molecule has 0 radical (unpaired) electrons. The molecule has 0 bridgehead atoms. The van der Waals surface area contributed by atoms with Crippen LogP contribution in [0.3, 0.4) is 0 Å². The topological polar surface area (TPSA) is 79.1 Å². The SMILES string of the molecule is CC(C)N(C/C(N)=N/O)Cc1cn2ccsc2n1. The molecule has 0 unspecified atom stereocenters. The summed E-state index contributed by atoms with van der Waals surface area (Å²) in [6.07, 6.45) is 3.99. The third kappa shape index (κ3) is 2.80. The van der Waals surface area contributed by atoms with E-state index in [-0.39, 0.29) is 5.84 Å². The van der Waals surface area contributed by atoms with Crippen molar-refractivity contribution in [2.75, 3.05) is 6.54 Å². The molecule has 7 heteroatoms. The fraction of sp³-hybridized carbons (Fsp3) is 0.455. The van der Waals surface area contributed by atoms with E-state index in [9.17, 15) is 0 Å². The monoisotopic (exact) mass is 267 g/mol. The second-order valence-electron chi connectivity index (χ2n) is 4.42. The Labute approximate surface area is 109 Å². The summed E-state index contributed by atoms with van der Waals surface area (Å²) < 4.78 is 2.00. The molecule has 0 saturated carbocycles. The molecule has 0 fully saturated rings. The molecule has 0 aliphatic rings. The number of imidazole rings is 1. The largest absolute Gasteiger partial charge is 0.409 e. The quantitative estimate of drug-likeness (QED) is 0.371. The highest BCUT2D eigenvalue weighted by molar-refractivity contribution is 7.15. The molecule has 98 valence electrons. The number of rotatable bonds is 5. The Hall–Kier alpha value is -1.60. The van der Waals surface area contributed by atoms with Gasteiger partial charge in [-0.3, -0.25) is 9.30 Å². The van der Waals surface area contributed by atoms with Gasteiger partial charge >= 0.3 is 0 Å². The number of oxime groups is 1. The summed E-state index contributed by atoms with van der Waals surface area (Å²) in [6, 6.07) is 0.296. The minimum Gasteiger partial charge on any atom is -0.409 e. The normalized spacial score (nSPS) is 13.0. The van der Waals surface area contributed by atoms with Crippen LogP contribution in [0.4, 0.5) is 0 Å². The van der Waals surface area contributed by atoms with Crippen molar-refractivity contribution in [2.45, 2.75) is 26.4 Å². The Bertz CT molecular complexity index is 516. The van der Waals surface area contributed by atoms with E-state index in [0.29, 0.717) is 19.1 Å². The molecular weight excluding hydrogens is 250 g/mol. The molecule has 0 aromatic carbocycles. The number of hydrogen-bond acceptors (Lipinski definition) is 5. The van der Waals surface area contributed by atoms with E-state index in [2.05, 4.69) is 28.9 Å².